The summed E-state index contributed by atoms with van der Waals surface area (Å²) in [5.41, 5.74) is 0. The molecule has 0 spiro atoms. The van der Waals surface area contributed by atoms with E-state index in [4.69, 9.17) is 23.7 Å². The average molecular weight is 346 g/mol. The van der Waals surface area contributed by atoms with E-state index in [1.54, 1.807) is 6.92 Å². The second-order valence-corrected chi connectivity index (χ2v) is 5.41. The van der Waals surface area contributed by atoms with Gasteiger partial charge in [0, 0.05) is 27.7 Å². The summed E-state index contributed by atoms with van der Waals surface area (Å²) >= 11 is 0. The van der Waals surface area contributed by atoms with E-state index in [0.717, 1.165) is 13.8 Å². The van der Waals surface area contributed by atoms with Crippen LogP contribution in [0, 0.1) is 0 Å². The topological polar surface area (TPSA) is 114 Å². The molecular formula is C15H22O9. The molecule has 0 N–H and O–H groups in total. The zero-order valence-corrected chi connectivity index (χ0v) is 14.3. The van der Waals surface area contributed by atoms with Gasteiger partial charge in [-0.05, 0) is 6.92 Å². The molecule has 1 aliphatic rings. The Labute approximate surface area is 139 Å². The van der Waals surface area contributed by atoms with Gasteiger partial charge in [-0.25, -0.2) is 0 Å². The van der Waals surface area contributed by atoms with Gasteiger partial charge in [0.15, 0.2) is 24.4 Å². The smallest absolute Gasteiger partial charge is 0.303 e. The van der Waals surface area contributed by atoms with Gasteiger partial charge in [0.2, 0.25) is 0 Å². The summed E-state index contributed by atoms with van der Waals surface area (Å²) in [6, 6.07) is 0. The maximum atomic E-state index is 11.5. The normalized spacial score (nSPS) is 29.8. The lowest BCUT2D eigenvalue weighted by molar-refractivity contribution is -0.195. The van der Waals surface area contributed by atoms with Crippen LogP contribution in [0.5, 0.6) is 0 Å². The van der Waals surface area contributed by atoms with Crippen molar-refractivity contribution in [2.24, 2.45) is 0 Å². The Kier molecular flexibility index (Phi) is 7.15. The van der Waals surface area contributed by atoms with Gasteiger partial charge in [0.05, 0.1) is 12.7 Å². The number of carbonyl (C=O) groups is 4. The highest BCUT2D eigenvalue weighted by Gasteiger charge is 2.48. The predicted octanol–water partition coefficient (Wildman–Crippen LogP) is 0.132. The van der Waals surface area contributed by atoms with Gasteiger partial charge in [0.1, 0.15) is 0 Å². The Balaban J connectivity index is 3.25. The third-order valence-corrected chi connectivity index (χ3v) is 3.22. The number of hydrogen-bond acceptors (Lipinski definition) is 9. The molecule has 5 atom stereocenters. The van der Waals surface area contributed by atoms with Crippen LogP contribution in [0.3, 0.4) is 0 Å². The molecule has 0 bridgehead atoms. The second kappa shape index (κ2) is 8.62. The molecule has 0 saturated carbocycles. The van der Waals surface area contributed by atoms with Crippen molar-refractivity contribution >= 4 is 23.9 Å². The summed E-state index contributed by atoms with van der Waals surface area (Å²) in [4.78, 5) is 45.6. The van der Waals surface area contributed by atoms with E-state index in [-0.39, 0.29) is 6.61 Å². The highest BCUT2D eigenvalue weighted by Crippen LogP contribution is 2.26. The zero-order valence-electron chi connectivity index (χ0n) is 14.3. The standard InChI is InChI=1S/C15H22O9/c1-7-13(22-9(3)17)15(24-11(5)19)14(23-10(4)18)12(6-20-7)21-8(2)16/h7,12-15H,6H2,1-5H3/t7-,12?,13?,14+,15-/m0/s1. The molecule has 1 aliphatic heterocycles. The van der Waals surface area contributed by atoms with Crippen molar-refractivity contribution < 1.29 is 42.9 Å². The van der Waals surface area contributed by atoms with E-state index in [2.05, 4.69) is 0 Å². The van der Waals surface area contributed by atoms with Crippen LogP contribution >= 0.6 is 0 Å². The molecule has 9 nitrogen and oxygen atoms in total. The average Bonchev–Trinajstić information content (AvgIpc) is 2.52. The zero-order chi connectivity index (χ0) is 18.4. The van der Waals surface area contributed by atoms with E-state index in [9.17, 15) is 19.2 Å². The molecule has 24 heavy (non-hydrogen) atoms. The SMILES string of the molecule is CC(=O)OC1CO[C@@H](C)C(OC(C)=O)[C@H](OC(C)=O)[C@@H]1OC(C)=O. The minimum atomic E-state index is -1.18. The van der Waals surface area contributed by atoms with Crippen LogP contribution in [-0.4, -0.2) is 61.0 Å². The van der Waals surface area contributed by atoms with Crippen LogP contribution in [0.15, 0.2) is 0 Å². The maximum Gasteiger partial charge on any atom is 0.303 e. The Morgan fingerprint density at radius 1 is 0.708 bits per heavy atom. The molecule has 0 radical (unpaired) electrons. The van der Waals surface area contributed by atoms with Crippen molar-refractivity contribution in [2.75, 3.05) is 6.61 Å². The lowest BCUT2D eigenvalue weighted by Crippen LogP contribution is -2.52. The molecular weight excluding hydrogens is 324 g/mol. The summed E-state index contributed by atoms with van der Waals surface area (Å²) in [6.45, 7) is 6.17. The second-order valence-electron chi connectivity index (χ2n) is 5.41. The van der Waals surface area contributed by atoms with Crippen molar-refractivity contribution in [3.63, 3.8) is 0 Å². The monoisotopic (exact) mass is 346 g/mol. The Morgan fingerprint density at radius 2 is 1.12 bits per heavy atom. The Hall–Kier alpha value is -2.16. The largest absolute Gasteiger partial charge is 0.456 e. The molecule has 0 aromatic carbocycles. The van der Waals surface area contributed by atoms with Crippen LogP contribution in [-0.2, 0) is 42.9 Å². The quantitative estimate of drug-likeness (QED) is 0.517. The van der Waals surface area contributed by atoms with E-state index in [1.165, 1.54) is 13.8 Å². The first kappa shape index (κ1) is 19.9. The summed E-state index contributed by atoms with van der Waals surface area (Å²) in [6.07, 6.45) is -5.09. The van der Waals surface area contributed by atoms with Gasteiger partial charge < -0.3 is 23.7 Å². The molecule has 9 heteroatoms. The van der Waals surface area contributed by atoms with Crippen molar-refractivity contribution in [1.82, 2.24) is 0 Å². The molecule has 1 fully saturated rings. The molecule has 1 heterocycles. The van der Waals surface area contributed by atoms with Crippen molar-refractivity contribution in [3.8, 4) is 0 Å². The Bertz CT molecular complexity index is 501. The van der Waals surface area contributed by atoms with Crippen molar-refractivity contribution in [1.29, 1.82) is 0 Å². The van der Waals surface area contributed by atoms with Crippen molar-refractivity contribution in [2.45, 2.75) is 65.1 Å². The number of hydrogen-bond donors (Lipinski definition) is 0. The first-order chi connectivity index (χ1) is 11.1. The summed E-state index contributed by atoms with van der Waals surface area (Å²) in [5, 5.41) is 0. The number of esters is 4. The number of carbonyl (C=O) groups excluding carboxylic acids is 4. The third kappa shape index (κ3) is 5.80. The molecule has 1 rings (SSSR count). The van der Waals surface area contributed by atoms with Crippen LogP contribution in [0.2, 0.25) is 0 Å². The molecule has 0 amide bonds. The van der Waals surface area contributed by atoms with Gasteiger partial charge in [0.25, 0.3) is 0 Å². The fraction of sp³-hybridized carbons (Fsp3) is 0.733. The molecule has 136 valence electrons. The van der Waals surface area contributed by atoms with Gasteiger partial charge in [-0.1, -0.05) is 0 Å². The molecule has 0 aliphatic carbocycles. The predicted molar refractivity (Wildman–Crippen MR) is 77.6 cm³/mol. The lowest BCUT2D eigenvalue weighted by Gasteiger charge is -2.33. The van der Waals surface area contributed by atoms with Gasteiger partial charge in [-0.15, -0.1) is 0 Å². The van der Waals surface area contributed by atoms with E-state index < -0.39 is 54.4 Å². The molecule has 2 unspecified atom stereocenters. The Morgan fingerprint density at radius 3 is 1.58 bits per heavy atom. The summed E-state index contributed by atoms with van der Waals surface area (Å²) in [7, 11) is 0. The fourth-order valence-electron chi connectivity index (χ4n) is 2.43. The van der Waals surface area contributed by atoms with Crippen molar-refractivity contribution in [3.05, 3.63) is 0 Å². The summed E-state index contributed by atoms with van der Waals surface area (Å²) < 4.78 is 26.2. The minimum absolute atomic E-state index is 0.117. The molecule has 1 saturated heterocycles. The van der Waals surface area contributed by atoms with E-state index in [1.807, 2.05) is 0 Å². The first-order valence-electron chi connectivity index (χ1n) is 7.42. The first-order valence-corrected chi connectivity index (χ1v) is 7.42. The number of rotatable bonds is 4. The fourth-order valence-corrected chi connectivity index (χ4v) is 2.43. The van der Waals surface area contributed by atoms with E-state index >= 15 is 0 Å². The lowest BCUT2D eigenvalue weighted by atomic mass is 10.0. The summed E-state index contributed by atoms with van der Waals surface area (Å²) in [5.74, 6) is -2.60. The van der Waals surface area contributed by atoms with Gasteiger partial charge >= 0.3 is 23.9 Å². The van der Waals surface area contributed by atoms with Gasteiger partial charge in [-0.2, -0.15) is 0 Å². The third-order valence-electron chi connectivity index (χ3n) is 3.22. The highest BCUT2D eigenvalue weighted by atomic mass is 16.6. The molecule has 0 aromatic heterocycles. The minimum Gasteiger partial charge on any atom is -0.456 e. The highest BCUT2D eigenvalue weighted by molar-refractivity contribution is 5.69. The maximum absolute atomic E-state index is 11.5. The van der Waals surface area contributed by atoms with E-state index in [0.29, 0.717) is 0 Å². The van der Waals surface area contributed by atoms with Crippen LogP contribution in [0.4, 0.5) is 0 Å². The van der Waals surface area contributed by atoms with Crippen LogP contribution in [0.1, 0.15) is 34.6 Å². The molecule has 0 aromatic rings. The van der Waals surface area contributed by atoms with Gasteiger partial charge in [-0.3, -0.25) is 19.2 Å². The van der Waals surface area contributed by atoms with Crippen LogP contribution < -0.4 is 0 Å². The van der Waals surface area contributed by atoms with Crippen LogP contribution in [0.25, 0.3) is 0 Å². The number of ether oxygens (including phenoxy) is 5.